The molecular formula is C22H30N2O3S2. The summed E-state index contributed by atoms with van der Waals surface area (Å²) in [6.07, 6.45) is 2.02. The molecule has 0 atom stereocenters. The van der Waals surface area contributed by atoms with Gasteiger partial charge < -0.3 is 4.90 Å². The molecule has 1 amide bonds. The molecule has 7 heteroatoms. The van der Waals surface area contributed by atoms with Gasteiger partial charge in [0.2, 0.25) is 15.9 Å². The molecule has 3 rings (SSSR count). The molecule has 0 unspecified atom stereocenters. The van der Waals surface area contributed by atoms with Gasteiger partial charge in [0.25, 0.3) is 0 Å². The first kappa shape index (κ1) is 22.0. The lowest BCUT2D eigenvalue weighted by molar-refractivity contribution is -0.137. The van der Waals surface area contributed by atoms with E-state index in [-0.39, 0.29) is 17.6 Å². The summed E-state index contributed by atoms with van der Waals surface area (Å²) in [5.41, 5.74) is 1.22. The number of benzene rings is 1. The molecular weight excluding hydrogens is 404 g/mol. The Balaban J connectivity index is 1.67. The predicted octanol–water partition coefficient (Wildman–Crippen LogP) is 3.69. The maximum absolute atomic E-state index is 13.3. The lowest BCUT2D eigenvalue weighted by Gasteiger charge is -2.33. The van der Waals surface area contributed by atoms with E-state index in [1.54, 1.807) is 18.3 Å². The number of sulfonamides is 1. The minimum absolute atomic E-state index is 0.102. The Morgan fingerprint density at radius 1 is 1.14 bits per heavy atom. The van der Waals surface area contributed by atoms with Gasteiger partial charge >= 0.3 is 0 Å². The maximum Gasteiger partial charge on any atom is 0.226 e. The van der Waals surface area contributed by atoms with Crippen LogP contribution in [0.25, 0.3) is 0 Å². The van der Waals surface area contributed by atoms with Crippen molar-refractivity contribution in [2.75, 3.05) is 25.4 Å². The number of rotatable bonds is 8. The highest BCUT2D eigenvalue weighted by Crippen LogP contribution is 2.24. The SMILES string of the molecule is CCS(=O)(=O)N1CCC(C(=O)N(CCc2ccccc2)Cc2ccc(C)s2)CC1. The third-order valence-electron chi connectivity index (χ3n) is 5.53. The van der Waals surface area contributed by atoms with Crippen LogP contribution in [0.1, 0.15) is 35.1 Å². The van der Waals surface area contributed by atoms with Crippen molar-refractivity contribution in [3.8, 4) is 0 Å². The Bertz CT molecular complexity index is 901. The summed E-state index contributed by atoms with van der Waals surface area (Å²) < 4.78 is 25.7. The first-order chi connectivity index (χ1) is 13.9. The molecule has 158 valence electrons. The molecule has 2 aromatic rings. The van der Waals surface area contributed by atoms with Gasteiger partial charge in [0.15, 0.2) is 0 Å². The van der Waals surface area contributed by atoms with Gasteiger partial charge in [-0.05, 0) is 50.8 Å². The number of hydrogen-bond donors (Lipinski definition) is 0. The lowest BCUT2D eigenvalue weighted by atomic mass is 9.96. The first-order valence-corrected chi connectivity index (χ1v) is 12.7. The molecule has 1 aromatic heterocycles. The molecule has 5 nitrogen and oxygen atoms in total. The number of carbonyl (C=O) groups excluding carboxylic acids is 1. The van der Waals surface area contributed by atoms with Gasteiger partial charge in [-0.1, -0.05) is 30.3 Å². The van der Waals surface area contributed by atoms with Crippen molar-refractivity contribution in [3.05, 3.63) is 57.8 Å². The van der Waals surface area contributed by atoms with Crippen molar-refractivity contribution in [2.45, 2.75) is 39.7 Å². The summed E-state index contributed by atoms with van der Waals surface area (Å²) in [6.45, 7) is 5.93. The number of hydrogen-bond acceptors (Lipinski definition) is 4. The molecule has 1 saturated heterocycles. The Hall–Kier alpha value is -1.70. The van der Waals surface area contributed by atoms with E-state index in [1.165, 1.54) is 19.6 Å². The van der Waals surface area contributed by atoms with Gasteiger partial charge in [0.1, 0.15) is 0 Å². The zero-order valence-corrected chi connectivity index (χ0v) is 18.8. The Morgan fingerprint density at radius 2 is 1.83 bits per heavy atom. The van der Waals surface area contributed by atoms with E-state index in [0.29, 0.717) is 39.0 Å². The predicted molar refractivity (Wildman–Crippen MR) is 118 cm³/mol. The molecule has 0 spiro atoms. The summed E-state index contributed by atoms with van der Waals surface area (Å²) >= 11 is 1.73. The van der Waals surface area contributed by atoms with Gasteiger partial charge in [-0.3, -0.25) is 4.79 Å². The fraction of sp³-hybridized carbons (Fsp3) is 0.500. The maximum atomic E-state index is 13.3. The first-order valence-electron chi connectivity index (χ1n) is 10.2. The second-order valence-corrected chi connectivity index (χ2v) is 11.2. The van der Waals surface area contributed by atoms with Crippen LogP contribution in [0, 0.1) is 12.8 Å². The monoisotopic (exact) mass is 434 g/mol. The van der Waals surface area contributed by atoms with E-state index in [0.717, 1.165) is 6.42 Å². The van der Waals surface area contributed by atoms with Crippen LogP contribution >= 0.6 is 11.3 Å². The van der Waals surface area contributed by atoms with E-state index in [9.17, 15) is 13.2 Å². The number of piperidine rings is 1. The summed E-state index contributed by atoms with van der Waals surface area (Å²) in [5, 5.41) is 0. The molecule has 0 bridgehead atoms. The third kappa shape index (κ3) is 5.90. The number of thiophene rings is 1. The molecule has 0 N–H and O–H groups in total. The smallest absolute Gasteiger partial charge is 0.226 e. The third-order valence-corrected chi connectivity index (χ3v) is 8.40. The van der Waals surface area contributed by atoms with Gasteiger partial charge in [-0.2, -0.15) is 0 Å². The summed E-state index contributed by atoms with van der Waals surface area (Å²) in [4.78, 5) is 17.7. The lowest BCUT2D eigenvalue weighted by Crippen LogP contribution is -2.45. The van der Waals surface area contributed by atoms with Gasteiger partial charge in [0.05, 0.1) is 12.3 Å². The molecule has 1 aromatic carbocycles. The molecule has 29 heavy (non-hydrogen) atoms. The summed E-state index contributed by atoms with van der Waals surface area (Å²) in [5.74, 6) is 0.169. The van der Waals surface area contributed by atoms with Crippen LogP contribution < -0.4 is 0 Å². The van der Waals surface area contributed by atoms with Crippen LogP contribution in [0.2, 0.25) is 0 Å². The highest BCUT2D eigenvalue weighted by Gasteiger charge is 2.32. The fourth-order valence-corrected chi connectivity index (χ4v) is 5.79. The molecule has 2 heterocycles. The van der Waals surface area contributed by atoms with Gasteiger partial charge in [-0.25, -0.2) is 12.7 Å². The molecule has 1 aliphatic rings. The summed E-state index contributed by atoms with van der Waals surface area (Å²) in [7, 11) is -3.17. The average molecular weight is 435 g/mol. The van der Waals surface area contributed by atoms with Crippen LogP contribution in [0.4, 0.5) is 0 Å². The Kier molecular flexibility index (Phi) is 7.49. The Labute approximate surface area is 178 Å². The number of nitrogens with zero attached hydrogens (tertiary/aromatic N) is 2. The zero-order chi connectivity index (χ0) is 20.9. The van der Waals surface area contributed by atoms with E-state index in [2.05, 4.69) is 31.2 Å². The van der Waals surface area contributed by atoms with E-state index < -0.39 is 10.0 Å². The van der Waals surface area contributed by atoms with Crippen molar-refractivity contribution in [3.63, 3.8) is 0 Å². The highest BCUT2D eigenvalue weighted by atomic mass is 32.2. The van der Waals surface area contributed by atoms with E-state index in [1.807, 2.05) is 23.1 Å². The van der Waals surface area contributed by atoms with E-state index in [4.69, 9.17) is 0 Å². The normalized spacial score (nSPS) is 16.1. The minimum Gasteiger partial charge on any atom is -0.337 e. The van der Waals surface area contributed by atoms with Crippen LogP contribution in [-0.2, 0) is 27.8 Å². The molecule has 1 aliphatic heterocycles. The van der Waals surface area contributed by atoms with Crippen LogP contribution in [0.5, 0.6) is 0 Å². The Morgan fingerprint density at radius 3 is 2.41 bits per heavy atom. The van der Waals surface area contributed by atoms with Crippen molar-refractivity contribution in [1.82, 2.24) is 9.21 Å². The van der Waals surface area contributed by atoms with E-state index >= 15 is 0 Å². The van der Waals surface area contributed by atoms with Crippen LogP contribution in [0.15, 0.2) is 42.5 Å². The number of amides is 1. The van der Waals surface area contributed by atoms with Gasteiger partial charge in [-0.15, -0.1) is 11.3 Å². The molecule has 0 radical (unpaired) electrons. The number of aryl methyl sites for hydroxylation is 1. The van der Waals surface area contributed by atoms with Crippen LogP contribution in [-0.4, -0.2) is 48.9 Å². The molecule has 0 aliphatic carbocycles. The quantitative estimate of drug-likeness (QED) is 0.637. The second-order valence-electron chi connectivity index (χ2n) is 7.58. The molecule has 0 saturated carbocycles. The minimum atomic E-state index is -3.17. The standard InChI is InChI=1S/C22H30N2O3S2/c1-3-29(26,27)24-15-12-20(13-16-24)22(25)23(17-21-10-9-18(2)28-21)14-11-19-7-5-4-6-8-19/h4-10,20H,3,11-17H2,1-2H3. The second kappa shape index (κ2) is 9.87. The average Bonchev–Trinajstić information content (AvgIpc) is 3.16. The van der Waals surface area contributed by atoms with Crippen LogP contribution in [0.3, 0.4) is 0 Å². The summed E-state index contributed by atoms with van der Waals surface area (Å²) in [6, 6.07) is 14.4. The zero-order valence-electron chi connectivity index (χ0n) is 17.2. The van der Waals surface area contributed by atoms with Gasteiger partial charge in [0, 0.05) is 35.3 Å². The van der Waals surface area contributed by atoms with Crippen molar-refractivity contribution >= 4 is 27.3 Å². The van der Waals surface area contributed by atoms with Crippen molar-refractivity contribution in [2.24, 2.45) is 5.92 Å². The number of carbonyl (C=O) groups is 1. The largest absolute Gasteiger partial charge is 0.337 e. The van der Waals surface area contributed by atoms with Crippen molar-refractivity contribution in [1.29, 1.82) is 0 Å². The molecule has 1 fully saturated rings. The van der Waals surface area contributed by atoms with Crippen molar-refractivity contribution < 1.29 is 13.2 Å². The topological polar surface area (TPSA) is 57.7 Å². The highest BCUT2D eigenvalue weighted by molar-refractivity contribution is 7.89. The fourth-order valence-electron chi connectivity index (χ4n) is 3.76.